The Labute approximate surface area is 53.1 Å². The van der Waals surface area contributed by atoms with Gasteiger partial charge in [0.2, 0.25) is 5.89 Å². The highest BCUT2D eigenvalue weighted by atomic mass is 16.5. The van der Waals surface area contributed by atoms with E-state index in [0.29, 0.717) is 11.7 Å². The van der Waals surface area contributed by atoms with Gasteiger partial charge in [0.15, 0.2) is 5.82 Å². The van der Waals surface area contributed by atoms with Crippen molar-refractivity contribution in [3.05, 3.63) is 11.7 Å². The number of nitrogens with zero attached hydrogens (tertiary/aromatic N) is 2. The molecule has 4 heteroatoms. The van der Waals surface area contributed by atoms with Crippen molar-refractivity contribution in [3.63, 3.8) is 0 Å². The third-order valence-corrected chi connectivity index (χ3v) is 0.933. The molecular weight excluding hydrogens is 118 g/mol. The zero-order valence-electron chi connectivity index (χ0n) is 5.46. The Morgan fingerprint density at radius 1 is 1.67 bits per heavy atom. The molecule has 1 aromatic heterocycles. The quantitative estimate of drug-likeness (QED) is 0.593. The van der Waals surface area contributed by atoms with Gasteiger partial charge in [-0.2, -0.15) is 4.98 Å². The van der Waals surface area contributed by atoms with E-state index in [0.717, 1.165) is 0 Å². The molecule has 50 valence electrons. The summed E-state index contributed by atoms with van der Waals surface area (Å²) in [5.74, 6) is 1.12. The summed E-state index contributed by atoms with van der Waals surface area (Å²) >= 11 is 0. The van der Waals surface area contributed by atoms with Crippen molar-refractivity contribution in [1.29, 1.82) is 0 Å². The Morgan fingerprint density at radius 3 is 2.56 bits per heavy atom. The summed E-state index contributed by atoms with van der Waals surface area (Å²) in [6.07, 6.45) is 0. The van der Waals surface area contributed by atoms with Crippen molar-refractivity contribution in [2.24, 2.45) is 5.73 Å². The highest BCUT2D eigenvalue weighted by molar-refractivity contribution is 4.86. The van der Waals surface area contributed by atoms with Crippen molar-refractivity contribution in [2.75, 3.05) is 0 Å². The Morgan fingerprint density at radius 2 is 2.33 bits per heavy atom. The lowest BCUT2D eigenvalue weighted by atomic mass is 10.4. The van der Waals surface area contributed by atoms with Gasteiger partial charge >= 0.3 is 0 Å². The van der Waals surface area contributed by atoms with Crippen LogP contribution in [0.2, 0.25) is 0 Å². The normalized spacial score (nSPS) is 13.7. The predicted molar refractivity (Wildman–Crippen MR) is 31.6 cm³/mol. The standard InChI is InChI=1S/C5H9N3O/c1-3(6)5-7-4(2)8-9-5/h3H,6H2,1-2H3/t3-/m0/s1. The number of rotatable bonds is 1. The minimum Gasteiger partial charge on any atom is -0.338 e. The summed E-state index contributed by atoms with van der Waals surface area (Å²) in [4.78, 5) is 3.91. The molecule has 1 heterocycles. The molecule has 0 amide bonds. The van der Waals surface area contributed by atoms with E-state index < -0.39 is 0 Å². The Bertz CT molecular complexity index is 194. The zero-order chi connectivity index (χ0) is 6.85. The topological polar surface area (TPSA) is 64.9 Å². The van der Waals surface area contributed by atoms with Gasteiger partial charge in [-0.1, -0.05) is 5.16 Å². The number of aryl methyl sites for hydroxylation is 1. The maximum atomic E-state index is 5.43. The van der Waals surface area contributed by atoms with E-state index >= 15 is 0 Å². The van der Waals surface area contributed by atoms with Crippen LogP contribution >= 0.6 is 0 Å². The fraction of sp³-hybridized carbons (Fsp3) is 0.600. The van der Waals surface area contributed by atoms with Crippen LogP contribution in [0.15, 0.2) is 4.52 Å². The van der Waals surface area contributed by atoms with Crippen LogP contribution in [-0.2, 0) is 0 Å². The average molecular weight is 127 g/mol. The van der Waals surface area contributed by atoms with Crippen molar-refractivity contribution in [2.45, 2.75) is 19.9 Å². The number of nitrogens with two attached hydrogens (primary N) is 1. The molecule has 1 rings (SSSR count). The summed E-state index contributed by atoms with van der Waals surface area (Å²) < 4.78 is 4.74. The van der Waals surface area contributed by atoms with Crippen LogP contribution in [0.5, 0.6) is 0 Å². The van der Waals surface area contributed by atoms with Gasteiger partial charge in [-0.25, -0.2) is 0 Å². The minimum atomic E-state index is -0.161. The molecule has 0 fully saturated rings. The van der Waals surface area contributed by atoms with Crippen molar-refractivity contribution in [3.8, 4) is 0 Å². The smallest absolute Gasteiger partial charge is 0.243 e. The lowest BCUT2D eigenvalue weighted by molar-refractivity contribution is 0.358. The molecule has 4 nitrogen and oxygen atoms in total. The van der Waals surface area contributed by atoms with Crippen LogP contribution in [0.25, 0.3) is 0 Å². The first-order valence-electron chi connectivity index (χ1n) is 2.76. The zero-order valence-corrected chi connectivity index (χ0v) is 5.46. The van der Waals surface area contributed by atoms with Crippen LogP contribution < -0.4 is 5.73 Å². The molecule has 0 aliphatic carbocycles. The lowest BCUT2D eigenvalue weighted by Gasteiger charge is -1.91. The van der Waals surface area contributed by atoms with E-state index in [2.05, 4.69) is 10.1 Å². The Kier molecular flexibility index (Phi) is 1.48. The molecule has 9 heavy (non-hydrogen) atoms. The van der Waals surface area contributed by atoms with Gasteiger partial charge in [-0.15, -0.1) is 0 Å². The maximum Gasteiger partial charge on any atom is 0.243 e. The molecule has 2 N–H and O–H groups in total. The second-order valence-corrected chi connectivity index (χ2v) is 1.97. The molecule has 0 aromatic carbocycles. The number of aromatic nitrogens is 2. The summed E-state index contributed by atoms with van der Waals surface area (Å²) in [7, 11) is 0. The maximum absolute atomic E-state index is 5.43. The van der Waals surface area contributed by atoms with E-state index in [9.17, 15) is 0 Å². The molecule has 0 saturated carbocycles. The van der Waals surface area contributed by atoms with E-state index in [1.807, 2.05) is 0 Å². The molecular formula is C5H9N3O. The third kappa shape index (κ3) is 1.26. The first-order valence-corrected chi connectivity index (χ1v) is 2.76. The Hall–Kier alpha value is -0.900. The van der Waals surface area contributed by atoms with Gasteiger partial charge in [-0.05, 0) is 13.8 Å². The van der Waals surface area contributed by atoms with Gasteiger partial charge in [0.05, 0.1) is 6.04 Å². The molecule has 1 atom stereocenters. The summed E-state index contributed by atoms with van der Waals surface area (Å²) in [5, 5.41) is 3.57. The van der Waals surface area contributed by atoms with Crippen LogP contribution in [0, 0.1) is 6.92 Å². The first kappa shape index (κ1) is 6.22. The molecule has 0 saturated heterocycles. The van der Waals surface area contributed by atoms with E-state index in [4.69, 9.17) is 10.3 Å². The average Bonchev–Trinajstić information content (AvgIpc) is 2.14. The van der Waals surface area contributed by atoms with E-state index in [1.54, 1.807) is 13.8 Å². The first-order chi connectivity index (χ1) is 4.20. The molecule has 0 aliphatic heterocycles. The third-order valence-electron chi connectivity index (χ3n) is 0.933. The van der Waals surface area contributed by atoms with Gasteiger partial charge in [0, 0.05) is 0 Å². The highest BCUT2D eigenvalue weighted by Crippen LogP contribution is 2.03. The van der Waals surface area contributed by atoms with Crippen molar-refractivity contribution < 1.29 is 4.52 Å². The summed E-state index contributed by atoms with van der Waals surface area (Å²) in [5.41, 5.74) is 5.43. The summed E-state index contributed by atoms with van der Waals surface area (Å²) in [6.45, 7) is 3.56. The van der Waals surface area contributed by atoms with Crippen LogP contribution in [0.3, 0.4) is 0 Å². The molecule has 0 spiro atoms. The highest BCUT2D eigenvalue weighted by Gasteiger charge is 2.05. The van der Waals surface area contributed by atoms with Crippen LogP contribution in [0.4, 0.5) is 0 Å². The van der Waals surface area contributed by atoms with Crippen molar-refractivity contribution in [1.82, 2.24) is 10.1 Å². The second kappa shape index (κ2) is 2.14. The Balaban J connectivity index is 2.85. The fourth-order valence-electron chi connectivity index (χ4n) is 0.498. The molecule has 0 unspecified atom stereocenters. The van der Waals surface area contributed by atoms with E-state index in [1.165, 1.54) is 0 Å². The second-order valence-electron chi connectivity index (χ2n) is 1.97. The van der Waals surface area contributed by atoms with Crippen molar-refractivity contribution >= 4 is 0 Å². The molecule has 0 aliphatic rings. The fourth-order valence-corrected chi connectivity index (χ4v) is 0.498. The van der Waals surface area contributed by atoms with Gasteiger partial charge in [0.25, 0.3) is 0 Å². The summed E-state index contributed by atoms with van der Waals surface area (Å²) in [6, 6.07) is -0.161. The number of hydrogen-bond donors (Lipinski definition) is 1. The number of hydrogen-bond acceptors (Lipinski definition) is 4. The van der Waals surface area contributed by atoms with Gasteiger partial charge in [-0.3, -0.25) is 0 Å². The van der Waals surface area contributed by atoms with Crippen LogP contribution in [0.1, 0.15) is 24.7 Å². The largest absolute Gasteiger partial charge is 0.338 e. The monoisotopic (exact) mass is 127 g/mol. The lowest BCUT2D eigenvalue weighted by Crippen LogP contribution is -2.04. The van der Waals surface area contributed by atoms with Gasteiger partial charge < -0.3 is 10.3 Å². The molecule has 0 bridgehead atoms. The minimum absolute atomic E-state index is 0.161. The molecule has 0 radical (unpaired) electrons. The molecule has 1 aromatic rings. The van der Waals surface area contributed by atoms with Crippen LogP contribution in [-0.4, -0.2) is 10.1 Å². The van der Waals surface area contributed by atoms with E-state index in [-0.39, 0.29) is 6.04 Å². The van der Waals surface area contributed by atoms with Gasteiger partial charge in [0.1, 0.15) is 0 Å². The predicted octanol–water partition coefficient (Wildman–Crippen LogP) is 0.398. The SMILES string of the molecule is Cc1noc([C@H](C)N)n1.